The van der Waals surface area contributed by atoms with Gasteiger partial charge in [0.15, 0.2) is 0 Å². The molecule has 0 atom stereocenters. The Morgan fingerprint density at radius 3 is 1.27 bits per heavy atom. The van der Waals surface area contributed by atoms with Gasteiger partial charge in [-0.05, 0) is 24.3 Å². The van der Waals surface area contributed by atoms with E-state index in [1.165, 1.54) is 0 Å². The lowest BCUT2D eigenvalue weighted by Gasteiger charge is -1.96. The second-order valence-corrected chi connectivity index (χ2v) is 2.43. The second kappa shape index (κ2) is 8.48. The lowest BCUT2D eigenvalue weighted by Crippen LogP contribution is -1.83. The largest absolute Gasteiger partial charge is 0.255 e. The molecule has 15 heavy (non-hydrogen) atoms. The molecule has 0 N–H and O–H groups in total. The number of hydrogen-bond acceptors (Lipinski definition) is 2. The minimum absolute atomic E-state index is 0. The minimum atomic E-state index is 0. The zero-order valence-corrected chi connectivity index (χ0v) is 10.2. The van der Waals surface area contributed by atoms with Crippen LogP contribution >= 0.6 is 37.2 Å². The van der Waals surface area contributed by atoms with E-state index in [2.05, 4.69) is 9.97 Å². The molecule has 2 heterocycles. The molecule has 0 aliphatic heterocycles. The normalized spacial score (nSPS) is 7.73. The molecule has 0 amide bonds. The van der Waals surface area contributed by atoms with Gasteiger partial charge in [-0.1, -0.05) is 12.1 Å². The van der Waals surface area contributed by atoms with Crippen LogP contribution in [0, 0.1) is 0 Å². The van der Waals surface area contributed by atoms with E-state index in [4.69, 9.17) is 0 Å². The lowest BCUT2D eigenvalue weighted by atomic mass is 10.2. The van der Waals surface area contributed by atoms with Gasteiger partial charge in [0.1, 0.15) is 0 Å². The summed E-state index contributed by atoms with van der Waals surface area (Å²) in [6.45, 7) is 0. The predicted molar refractivity (Wildman–Crippen MR) is 69.2 cm³/mol. The summed E-state index contributed by atoms with van der Waals surface area (Å²) in [6, 6.07) is 11.6. The van der Waals surface area contributed by atoms with Gasteiger partial charge in [0.05, 0.1) is 11.4 Å². The summed E-state index contributed by atoms with van der Waals surface area (Å²) in [5.74, 6) is 0. The maximum absolute atomic E-state index is 4.19. The molecule has 2 aromatic heterocycles. The Balaban J connectivity index is 0. The number of nitrogens with zero attached hydrogens (tertiary/aromatic N) is 2. The third-order valence-corrected chi connectivity index (χ3v) is 1.59. The first-order valence-corrected chi connectivity index (χ1v) is 3.79. The van der Waals surface area contributed by atoms with Crippen LogP contribution in [0.2, 0.25) is 0 Å². The predicted octanol–water partition coefficient (Wildman–Crippen LogP) is 3.41. The SMILES string of the molecule is Cl.Cl.Cl.c1ccc(-c2ccccn2)nc1. The fourth-order valence-electron chi connectivity index (χ4n) is 1.03. The molecule has 0 saturated heterocycles. The van der Waals surface area contributed by atoms with Crippen LogP contribution in [0.3, 0.4) is 0 Å². The highest BCUT2D eigenvalue weighted by Crippen LogP contribution is 2.10. The Hall–Kier alpha value is -0.830. The van der Waals surface area contributed by atoms with Crippen molar-refractivity contribution in [2.45, 2.75) is 0 Å². The average molecular weight is 266 g/mol. The van der Waals surface area contributed by atoms with Crippen LogP contribution in [-0.2, 0) is 0 Å². The molecule has 0 saturated carbocycles. The van der Waals surface area contributed by atoms with Gasteiger partial charge >= 0.3 is 0 Å². The Labute approximate surface area is 107 Å². The Morgan fingerprint density at radius 2 is 1.00 bits per heavy atom. The third-order valence-electron chi connectivity index (χ3n) is 1.59. The standard InChI is InChI=1S/C10H8N2.3ClH/c1-3-7-11-9(5-1)10-6-2-4-8-12-10;;;/h1-8H;3*1H. The van der Waals surface area contributed by atoms with Crippen LogP contribution in [0.1, 0.15) is 0 Å². The summed E-state index contributed by atoms with van der Waals surface area (Å²) in [6.07, 6.45) is 3.54. The molecule has 0 radical (unpaired) electrons. The zero-order valence-electron chi connectivity index (χ0n) is 7.74. The van der Waals surface area contributed by atoms with Crippen LogP contribution < -0.4 is 0 Å². The average Bonchev–Trinajstić information content (AvgIpc) is 2.21. The minimum Gasteiger partial charge on any atom is -0.255 e. The van der Waals surface area contributed by atoms with Gasteiger partial charge in [0.25, 0.3) is 0 Å². The Bertz CT molecular complexity index is 316. The van der Waals surface area contributed by atoms with Crippen LogP contribution in [0.15, 0.2) is 48.8 Å². The van der Waals surface area contributed by atoms with Gasteiger partial charge in [-0.3, -0.25) is 9.97 Å². The smallest absolute Gasteiger partial charge is 0.0886 e. The van der Waals surface area contributed by atoms with Crippen molar-refractivity contribution in [2.24, 2.45) is 0 Å². The van der Waals surface area contributed by atoms with Crippen LogP contribution in [0.25, 0.3) is 11.4 Å². The van der Waals surface area contributed by atoms with Gasteiger partial charge in [-0.25, -0.2) is 0 Å². The van der Waals surface area contributed by atoms with Crippen molar-refractivity contribution in [2.75, 3.05) is 0 Å². The maximum Gasteiger partial charge on any atom is 0.0886 e. The van der Waals surface area contributed by atoms with Gasteiger partial charge in [0, 0.05) is 12.4 Å². The molecule has 0 bridgehead atoms. The summed E-state index contributed by atoms with van der Waals surface area (Å²) in [7, 11) is 0. The first kappa shape index (κ1) is 16.6. The quantitative estimate of drug-likeness (QED) is 0.790. The van der Waals surface area contributed by atoms with Gasteiger partial charge < -0.3 is 0 Å². The molecule has 0 fully saturated rings. The molecule has 2 aromatic rings. The molecule has 0 aliphatic rings. The number of aromatic nitrogens is 2. The van der Waals surface area contributed by atoms with Crippen molar-refractivity contribution in [1.82, 2.24) is 9.97 Å². The van der Waals surface area contributed by atoms with Crippen molar-refractivity contribution >= 4 is 37.2 Å². The molecule has 2 rings (SSSR count). The molecule has 0 unspecified atom stereocenters. The van der Waals surface area contributed by atoms with Crippen LogP contribution in [0.4, 0.5) is 0 Å². The molecule has 82 valence electrons. The van der Waals surface area contributed by atoms with E-state index >= 15 is 0 Å². The number of pyridine rings is 2. The van der Waals surface area contributed by atoms with E-state index in [-0.39, 0.29) is 37.2 Å². The van der Waals surface area contributed by atoms with Crippen molar-refractivity contribution in [1.29, 1.82) is 0 Å². The van der Waals surface area contributed by atoms with Crippen LogP contribution in [-0.4, -0.2) is 9.97 Å². The topological polar surface area (TPSA) is 25.8 Å². The summed E-state index contributed by atoms with van der Waals surface area (Å²) in [5.41, 5.74) is 1.83. The van der Waals surface area contributed by atoms with Gasteiger partial charge in [-0.15, -0.1) is 37.2 Å². The molecular formula is C10H11Cl3N2. The van der Waals surface area contributed by atoms with E-state index in [0.717, 1.165) is 11.4 Å². The third kappa shape index (κ3) is 4.47. The summed E-state index contributed by atoms with van der Waals surface area (Å²) >= 11 is 0. The lowest BCUT2D eigenvalue weighted by molar-refractivity contribution is 1.25. The maximum atomic E-state index is 4.19. The highest BCUT2D eigenvalue weighted by atomic mass is 35.5. The highest BCUT2D eigenvalue weighted by Gasteiger charge is 1.95. The Kier molecular flexibility index (Phi) is 9.38. The molecular weight excluding hydrogens is 254 g/mol. The van der Waals surface area contributed by atoms with E-state index in [0.29, 0.717) is 0 Å². The van der Waals surface area contributed by atoms with Crippen molar-refractivity contribution < 1.29 is 0 Å². The molecule has 0 spiro atoms. The van der Waals surface area contributed by atoms with Gasteiger partial charge in [0.2, 0.25) is 0 Å². The van der Waals surface area contributed by atoms with E-state index in [1.54, 1.807) is 12.4 Å². The summed E-state index contributed by atoms with van der Waals surface area (Å²) < 4.78 is 0. The molecule has 0 aromatic carbocycles. The summed E-state index contributed by atoms with van der Waals surface area (Å²) in [4.78, 5) is 8.37. The van der Waals surface area contributed by atoms with Crippen molar-refractivity contribution in [3.05, 3.63) is 48.8 Å². The first-order valence-electron chi connectivity index (χ1n) is 3.79. The van der Waals surface area contributed by atoms with Crippen molar-refractivity contribution in [3.63, 3.8) is 0 Å². The van der Waals surface area contributed by atoms with E-state index in [9.17, 15) is 0 Å². The van der Waals surface area contributed by atoms with Crippen LogP contribution in [0.5, 0.6) is 0 Å². The van der Waals surface area contributed by atoms with Crippen molar-refractivity contribution in [3.8, 4) is 11.4 Å². The zero-order chi connectivity index (χ0) is 8.23. The fourth-order valence-corrected chi connectivity index (χ4v) is 1.03. The second-order valence-electron chi connectivity index (χ2n) is 2.43. The highest BCUT2D eigenvalue weighted by molar-refractivity contribution is 5.86. The Morgan fingerprint density at radius 1 is 0.600 bits per heavy atom. The molecule has 5 heteroatoms. The monoisotopic (exact) mass is 264 g/mol. The first-order chi connectivity index (χ1) is 5.97. The molecule has 2 nitrogen and oxygen atoms in total. The molecule has 0 aliphatic carbocycles. The van der Waals surface area contributed by atoms with Gasteiger partial charge in [-0.2, -0.15) is 0 Å². The number of rotatable bonds is 1. The van der Waals surface area contributed by atoms with E-state index < -0.39 is 0 Å². The number of hydrogen-bond donors (Lipinski definition) is 0. The fraction of sp³-hybridized carbons (Fsp3) is 0. The van der Waals surface area contributed by atoms with E-state index in [1.807, 2.05) is 36.4 Å². The number of halogens is 3. The summed E-state index contributed by atoms with van der Waals surface area (Å²) in [5, 5.41) is 0.